The molecule has 2 aromatic carbocycles. The van der Waals surface area contributed by atoms with Gasteiger partial charge in [-0.1, -0.05) is 0 Å². The molecular weight excluding hydrogens is 406 g/mol. The van der Waals surface area contributed by atoms with E-state index in [4.69, 9.17) is 0 Å². The molecule has 0 spiro atoms. The van der Waals surface area contributed by atoms with Crippen molar-refractivity contribution in [2.24, 2.45) is 0 Å². The van der Waals surface area contributed by atoms with Crippen molar-refractivity contribution in [2.75, 3.05) is 16.6 Å². The van der Waals surface area contributed by atoms with Gasteiger partial charge >= 0.3 is 0 Å². The summed E-state index contributed by atoms with van der Waals surface area (Å²) in [5, 5.41) is 2.00. The van der Waals surface area contributed by atoms with E-state index in [-0.39, 0.29) is 5.82 Å². The van der Waals surface area contributed by atoms with Crippen LogP contribution < -0.4 is 10.6 Å². The second-order valence-corrected chi connectivity index (χ2v) is 9.22. The Labute approximate surface area is 158 Å². The number of hydrogen-bond acceptors (Lipinski definition) is 2. The van der Waals surface area contributed by atoms with Crippen molar-refractivity contribution in [1.82, 2.24) is 0 Å². The van der Waals surface area contributed by atoms with E-state index in [9.17, 15) is 17.6 Å². The SMILES string of the molecule is Fc1cc(CCSCSCCc2cc(P)c(F)c(P)c2)cc(F)c1F. The Bertz CT molecular complexity index is 633. The summed E-state index contributed by atoms with van der Waals surface area (Å²) in [6.45, 7) is 0. The van der Waals surface area contributed by atoms with E-state index < -0.39 is 17.5 Å². The van der Waals surface area contributed by atoms with Crippen molar-refractivity contribution in [3.8, 4) is 0 Å². The van der Waals surface area contributed by atoms with Crippen LogP contribution >= 0.6 is 42.0 Å². The van der Waals surface area contributed by atoms with E-state index in [1.165, 1.54) is 0 Å². The van der Waals surface area contributed by atoms with Crippen LogP contribution in [0.3, 0.4) is 0 Å². The zero-order valence-corrected chi connectivity index (χ0v) is 17.3. The summed E-state index contributed by atoms with van der Waals surface area (Å²) in [5.41, 5.74) is 1.55. The molecule has 0 nitrogen and oxygen atoms in total. The topological polar surface area (TPSA) is 0 Å². The summed E-state index contributed by atoms with van der Waals surface area (Å²) in [4.78, 5) is 0. The van der Waals surface area contributed by atoms with Crippen LogP contribution in [0.15, 0.2) is 24.3 Å². The van der Waals surface area contributed by atoms with E-state index >= 15 is 0 Å². The number of hydrogen-bond donors (Lipinski definition) is 0. The third kappa shape index (κ3) is 6.43. The van der Waals surface area contributed by atoms with Gasteiger partial charge in [-0.2, -0.15) is 23.5 Å². The highest BCUT2D eigenvalue weighted by Crippen LogP contribution is 2.18. The number of aryl methyl sites for hydroxylation is 2. The predicted octanol–water partition coefficient (Wildman–Crippen LogP) is 4.45. The maximum atomic E-state index is 13.5. The number of rotatable bonds is 8. The molecule has 2 unspecified atom stereocenters. The lowest BCUT2D eigenvalue weighted by Crippen LogP contribution is -2.12. The minimum absolute atomic E-state index is 0.212. The summed E-state index contributed by atoms with van der Waals surface area (Å²) in [7, 11) is 4.80. The van der Waals surface area contributed by atoms with Crippen LogP contribution in [-0.2, 0) is 12.8 Å². The van der Waals surface area contributed by atoms with Gasteiger partial charge in [0.1, 0.15) is 5.82 Å². The Morgan fingerprint density at radius 2 is 1.12 bits per heavy atom. The number of halogens is 4. The fraction of sp³-hybridized carbons (Fsp3) is 0.294. The highest BCUT2D eigenvalue weighted by atomic mass is 32.2. The predicted molar refractivity (Wildman–Crippen MR) is 109 cm³/mol. The molecule has 0 aliphatic rings. The summed E-state index contributed by atoms with van der Waals surface area (Å²) in [5.74, 6) is -2.30. The quantitative estimate of drug-likeness (QED) is 0.202. The molecule has 2 aromatic rings. The van der Waals surface area contributed by atoms with Crippen LogP contribution in [0.5, 0.6) is 0 Å². The first kappa shape index (κ1) is 21.0. The third-order valence-electron chi connectivity index (χ3n) is 3.47. The maximum Gasteiger partial charge on any atom is 0.194 e. The molecule has 2 rings (SSSR count). The van der Waals surface area contributed by atoms with Crippen LogP contribution in [0.25, 0.3) is 0 Å². The first-order valence-corrected chi connectivity index (χ1v) is 11.0. The standard InChI is InChI=1S/C17H18F4P2S2/c18-12-5-10(6-13(19)16(12)20)1-3-24-9-25-4-2-11-7-14(22)17(21)15(23)8-11/h5-8H,1-4,9,22-23H2. The van der Waals surface area contributed by atoms with Gasteiger partial charge in [0.15, 0.2) is 17.5 Å². The molecule has 0 N–H and O–H groups in total. The van der Waals surface area contributed by atoms with Gasteiger partial charge in [0.05, 0.1) is 0 Å². The fourth-order valence-electron chi connectivity index (χ4n) is 2.19. The minimum atomic E-state index is -1.42. The maximum absolute atomic E-state index is 13.5. The zero-order chi connectivity index (χ0) is 18.4. The first-order valence-electron chi connectivity index (χ1n) is 7.50. The lowest BCUT2D eigenvalue weighted by molar-refractivity contribution is 0.445. The van der Waals surface area contributed by atoms with Crippen molar-refractivity contribution in [3.63, 3.8) is 0 Å². The molecule has 136 valence electrons. The normalized spacial score (nSPS) is 11.1. The van der Waals surface area contributed by atoms with E-state index in [2.05, 4.69) is 18.5 Å². The first-order chi connectivity index (χ1) is 11.9. The molecule has 0 amide bonds. The van der Waals surface area contributed by atoms with Crippen molar-refractivity contribution in [1.29, 1.82) is 0 Å². The van der Waals surface area contributed by atoms with E-state index in [1.807, 2.05) is 12.1 Å². The van der Waals surface area contributed by atoms with Crippen LogP contribution in [0.4, 0.5) is 17.6 Å². The molecule has 2 atom stereocenters. The Morgan fingerprint density at radius 1 is 0.680 bits per heavy atom. The van der Waals surface area contributed by atoms with Crippen molar-refractivity contribution >= 4 is 52.6 Å². The van der Waals surface area contributed by atoms with Gasteiger partial charge in [-0.3, -0.25) is 0 Å². The lowest BCUT2D eigenvalue weighted by atomic mass is 10.1. The summed E-state index contributed by atoms with van der Waals surface area (Å²) in [6.07, 6.45) is 1.34. The summed E-state index contributed by atoms with van der Waals surface area (Å²) < 4.78 is 52.6. The van der Waals surface area contributed by atoms with E-state index in [1.54, 1.807) is 23.5 Å². The highest BCUT2D eigenvalue weighted by molar-refractivity contribution is 8.15. The van der Waals surface area contributed by atoms with Crippen LogP contribution in [0.1, 0.15) is 11.1 Å². The monoisotopic (exact) mass is 424 g/mol. The van der Waals surface area contributed by atoms with Crippen molar-refractivity contribution in [3.05, 3.63) is 58.7 Å². The molecule has 0 bridgehead atoms. The molecule has 0 heterocycles. The van der Waals surface area contributed by atoms with Crippen LogP contribution in [0, 0.1) is 23.3 Å². The van der Waals surface area contributed by atoms with Gasteiger partial charge in [0, 0.05) is 15.7 Å². The molecule has 25 heavy (non-hydrogen) atoms. The Kier molecular flexibility index (Phi) is 8.54. The second-order valence-electron chi connectivity index (χ2n) is 5.40. The molecular formula is C17H18F4P2S2. The second kappa shape index (κ2) is 10.2. The van der Waals surface area contributed by atoms with Crippen molar-refractivity contribution < 1.29 is 17.6 Å². The van der Waals surface area contributed by atoms with Gasteiger partial charge in [0.25, 0.3) is 0 Å². The molecule has 0 saturated carbocycles. The minimum Gasteiger partial charge on any atom is -0.206 e. The van der Waals surface area contributed by atoms with Crippen LogP contribution in [-0.4, -0.2) is 16.6 Å². The average molecular weight is 424 g/mol. The van der Waals surface area contributed by atoms with Gasteiger partial charge < -0.3 is 0 Å². The van der Waals surface area contributed by atoms with Crippen molar-refractivity contribution in [2.45, 2.75) is 12.8 Å². The average Bonchev–Trinajstić information content (AvgIpc) is 2.56. The van der Waals surface area contributed by atoms with Gasteiger partial charge in [-0.25, -0.2) is 17.6 Å². The molecule has 8 heteroatoms. The van der Waals surface area contributed by atoms with E-state index in [0.29, 0.717) is 28.3 Å². The summed E-state index contributed by atoms with van der Waals surface area (Å²) >= 11 is 3.42. The third-order valence-corrected chi connectivity index (χ3v) is 6.63. The Hall–Kier alpha value is -0.280. The lowest BCUT2D eigenvalue weighted by Gasteiger charge is -2.07. The molecule has 0 fully saturated rings. The molecule has 0 aromatic heterocycles. The Morgan fingerprint density at radius 3 is 1.60 bits per heavy atom. The van der Waals surface area contributed by atoms with Gasteiger partial charge in [-0.05, 0) is 59.7 Å². The van der Waals surface area contributed by atoms with Crippen LogP contribution in [0.2, 0.25) is 0 Å². The number of thioether (sulfide) groups is 2. The number of benzene rings is 2. The van der Waals surface area contributed by atoms with Gasteiger partial charge in [0.2, 0.25) is 0 Å². The zero-order valence-electron chi connectivity index (χ0n) is 13.3. The smallest absolute Gasteiger partial charge is 0.194 e. The highest BCUT2D eigenvalue weighted by Gasteiger charge is 2.10. The fourth-order valence-corrected chi connectivity index (χ4v) is 5.29. The van der Waals surface area contributed by atoms with E-state index in [0.717, 1.165) is 35.0 Å². The molecule has 0 aliphatic carbocycles. The molecule has 0 aliphatic heterocycles. The van der Waals surface area contributed by atoms with Gasteiger partial charge in [-0.15, -0.1) is 18.5 Å². The summed E-state index contributed by atoms with van der Waals surface area (Å²) in [6, 6.07) is 5.75. The largest absolute Gasteiger partial charge is 0.206 e. The molecule has 0 saturated heterocycles. The molecule has 0 radical (unpaired) electrons. The Balaban J connectivity index is 1.66.